The van der Waals surface area contributed by atoms with E-state index in [4.69, 9.17) is 17.0 Å². The van der Waals surface area contributed by atoms with Crippen LogP contribution in [0.25, 0.3) is 0 Å². The first-order valence-electron chi connectivity index (χ1n) is 10.2. The Labute approximate surface area is 166 Å². The fraction of sp³-hybridized carbons (Fsp3) is 0.652. The van der Waals surface area contributed by atoms with E-state index >= 15 is 0 Å². The molecule has 26 heavy (non-hydrogen) atoms. The standard InChI is InChI=1S/C23H38O2S/c1-4-6-7-8-9-10-11-12-13-14-15-16-17-18-19-22(20-21(3)26)23(24)25-5-2/h6-7,9-10,12-13,22H,4-5,8,11,14-20H2,1-3H3. The number of ether oxygens (including phenoxy) is 1. The summed E-state index contributed by atoms with van der Waals surface area (Å²) in [6, 6.07) is 0. The number of hydrogen-bond donors (Lipinski definition) is 0. The third-order valence-corrected chi connectivity index (χ3v) is 4.27. The number of unbranched alkanes of at least 4 members (excludes halogenated alkanes) is 4. The zero-order valence-corrected chi connectivity index (χ0v) is 17.9. The number of carbonyl (C=O) groups excluding carboxylic acids is 1. The van der Waals surface area contributed by atoms with Crippen molar-refractivity contribution >= 4 is 23.1 Å². The molecule has 0 radical (unpaired) electrons. The predicted molar refractivity (Wildman–Crippen MR) is 118 cm³/mol. The van der Waals surface area contributed by atoms with E-state index in [0.717, 1.165) is 43.4 Å². The smallest absolute Gasteiger partial charge is 0.309 e. The van der Waals surface area contributed by atoms with Crippen molar-refractivity contribution in [3.05, 3.63) is 36.5 Å². The summed E-state index contributed by atoms with van der Waals surface area (Å²) in [7, 11) is 0. The number of hydrogen-bond acceptors (Lipinski definition) is 3. The predicted octanol–water partition coefficient (Wildman–Crippen LogP) is 7.15. The molecular weight excluding hydrogens is 340 g/mol. The highest BCUT2D eigenvalue weighted by molar-refractivity contribution is 7.80. The molecule has 0 heterocycles. The lowest BCUT2D eigenvalue weighted by Gasteiger charge is -2.14. The normalized spacial score (nSPS) is 13.0. The Morgan fingerprint density at radius 2 is 1.54 bits per heavy atom. The largest absolute Gasteiger partial charge is 0.466 e. The lowest BCUT2D eigenvalue weighted by molar-refractivity contribution is -0.148. The maximum Gasteiger partial charge on any atom is 0.309 e. The Kier molecular flexibility index (Phi) is 17.7. The van der Waals surface area contributed by atoms with E-state index in [9.17, 15) is 4.79 Å². The molecule has 0 spiro atoms. The number of thiocarbonyl (C=S) groups is 1. The second-order valence-corrected chi connectivity index (χ2v) is 7.34. The average Bonchev–Trinajstić information content (AvgIpc) is 2.60. The van der Waals surface area contributed by atoms with Crippen LogP contribution in [0.4, 0.5) is 0 Å². The zero-order valence-electron chi connectivity index (χ0n) is 17.0. The first-order valence-corrected chi connectivity index (χ1v) is 10.6. The lowest BCUT2D eigenvalue weighted by atomic mass is 9.96. The Hall–Kier alpha value is -1.22. The van der Waals surface area contributed by atoms with Gasteiger partial charge >= 0.3 is 5.97 Å². The maximum absolute atomic E-state index is 11.9. The second kappa shape index (κ2) is 18.6. The molecule has 0 rings (SSSR count). The molecule has 3 heteroatoms. The number of allylic oxidation sites excluding steroid dienone is 6. The Bertz CT molecular complexity index is 449. The van der Waals surface area contributed by atoms with Gasteiger partial charge in [0.1, 0.15) is 0 Å². The van der Waals surface area contributed by atoms with Crippen molar-refractivity contribution < 1.29 is 9.53 Å². The fourth-order valence-corrected chi connectivity index (χ4v) is 2.94. The highest BCUT2D eigenvalue weighted by Crippen LogP contribution is 2.18. The van der Waals surface area contributed by atoms with Crippen molar-refractivity contribution in [2.24, 2.45) is 5.92 Å². The van der Waals surface area contributed by atoms with Gasteiger partial charge in [-0.25, -0.2) is 0 Å². The van der Waals surface area contributed by atoms with Gasteiger partial charge in [-0.15, -0.1) is 0 Å². The summed E-state index contributed by atoms with van der Waals surface area (Å²) in [5.74, 6) is -0.135. The number of rotatable bonds is 16. The molecule has 148 valence electrons. The summed E-state index contributed by atoms with van der Waals surface area (Å²) in [6.07, 6.45) is 24.0. The molecule has 0 aliphatic rings. The Morgan fingerprint density at radius 1 is 0.923 bits per heavy atom. The molecule has 0 aliphatic carbocycles. The van der Waals surface area contributed by atoms with Crippen molar-refractivity contribution in [3.8, 4) is 0 Å². The molecule has 1 atom stereocenters. The van der Waals surface area contributed by atoms with E-state index in [1.807, 2.05) is 13.8 Å². The molecule has 0 saturated carbocycles. The minimum absolute atomic E-state index is 0.0497. The monoisotopic (exact) mass is 378 g/mol. The highest BCUT2D eigenvalue weighted by atomic mass is 32.1. The summed E-state index contributed by atoms with van der Waals surface area (Å²) in [6.45, 7) is 6.36. The summed E-state index contributed by atoms with van der Waals surface area (Å²) < 4.78 is 5.16. The Balaban J connectivity index is 3.71. The number of esters is 1. The minimum Gasteiger partial charge on any atom is -0.466 e. The van der Waals surface area contributed by atoms with E-state index in [1.54, 1.807) is 0 Å². The molecule has 0 aromatic heterocycles. The molecule has 0 bridgehead atoms. The van der Waals surface area contributed by atoms with Gasteiger partial charge < -0.3 is 4.74 Å². The van der Waals surface area contributed by atoms with Crippen LogP contribution >= 0.6 is 12.2 Å². The van der Waals surface area contributed by atoms with Crippen LogP contribution in [0.15, 0.2) is 36.5 Å². The fourth-order valence-electron chi connectivity index (χ4n) is 2.74. The SMILES string of the molecule is CCC=CCC=CCC=CCCCCCCC(CC(C)=S)C(=O)OCC. The van der Waals surface area contributed by atoms with Crippen LogP contribution in [0.5, 0.6) is 0 Å². The first-order chi connectivity index (χ1) is 12.6. The van der Waals surface area contributed by atoms with E-state index in [-0.39, 0.29) is 11.9 Å². The van der Waals surface area contributed by atoms with Crippen LogP contribution < -0.4 is 0 Å². The molecule has 0 saturated heterocycles. The van der Waals surface area contributed by atoms with Crippen molar-refractivity contribution in [1.82, 2.24) is 0 Å². The summed E-state index contributed by atoms with van der Waals surface area (Å²) >= 11 is 5.16. The molecule has 0 amide bonds. The third-order valence-electron chi connectivity index (χ3n) is 4.11. The van der Waals surface area contributed by atoms with Gasteiger partial charge in [-0.2, -0.15) is 0 Å². The molecule has 0 N–H and O–H groups in total. The van der Waals surface area contributed by atoms with E-state index in [1.165, 1.54) is 19.3 Å². The van der Waals surface area contributed by atoms with E-state index in [0.29, 0.717) is 13.0 Å². The number of carbonyl (C=O) groups is 1. The van der Waals surface area contributed by atoms with Gasteiger partial charge in [-0.3, -0.25) is 4.79 Å². The molecule has 2 nitrogen and oxygen atoms in total. The molecule has 0 aromatic carbocycles. The Morgan fingerprint density at radius 3 is 2.15 bits per heavy atom. The van der Waals surface area contributed by atoms with Crippen LogP contribution in [0.2, 0.25) is 0 Å². The zero-order chi connectivity index (χ0) is 19.5. The van der Waals surface area contributed by atoms with Crippen LogP contribution in [0.3, 0.4) is 0 Å². The first kappa shape index (κ1) is 24.8. The summed E-state index contributed by atoms with van der Waals surface area (Å²) in [5.41, 5.74) is 0. The van der Waals surface area contributed by atoms with Gasteiger partial charge in [0, 0.05) is 0 Å². The quantitative estimate of drug-likeness (QED) is 0.123. The summed E-state index contributed by atoms with van der Waals surface area (Å²) in [5, 5.41) is 0. The molecule has 0 aromatic rings. The van der Waals surface area contributed by atoms with Gasteiger partial charge in [0.05, 0.1) is 12.5 Å². The molecule has 1 unspecified atom stereocenters. The molecule has 0 fully saturated rings. The van der Waals surface area contributed by atoms with Gasteiger partial charge in [0.25, 0.3) is 0 Å². The van der Waals surface area contributed by atoms with Crippen molar-refractivity contribution in [3.63, 3.8) is 0 Å². The van der Waals surface area contributed by atoms with Crippen LogP contribution in [-0.2, 0) is 9.53 Å². The second-order valence-electron chi connectivity index (χ2n) is 6.64. The van der Waals surface area contributed by atoms with E-state index < -0.39 is 0 Å². The average molecular weight is 379 g/mol. The van der Waals surface area contributed by atoms with Gasteiger partial charge in [-0.05, 0) is 63.7 Å². The third kappa shape index (κ3) is 16.3. The van der Waals surface area contributed by atoms with Crippen molar-refractivity contribution in [2.45, 2.75) is 85.0 Å². The lowest BCUT2D eigenvalue weighted by Crippen LogP contribution is -2.19. The van der Waals surface area contributed by atoms with Gasteiger partial charge in [0.2, 0.25) is 0 Å². The van der Waals surface area contributed by atoms with Gasteiger partial charge in [0.15, 0.2) is 0 Å². The summed E-state index contributed by atoms with van der Waals surface area (Å²) in [4.78, 5) is 12.8. The van der Waals surface area contributed by atoms with Crippen LogP contribution in [0.1, 0.15) is 85.0 Å². The van der Waals surface area contributed by atoms with E-state index in [2.05, 4.69) is 43.4 Å². The van der Waals surface area contributed by atoms with Crippen LogP contribution in [-0.4, -0.2) is 17.4 Å². The minimum atomic E-state index is -0.0853. The van der Waals surface area contributed by atoms with Crippen LogP contribution in [0, 0.1) is 5.92 Å². The molecule has 0 aliphatic heterocycles. The maximum atomic E-state index is 11.9. The topological polar surface area (TPSA) is 26.3 Å². The molecular formula is C23H38O2S. The van der Waals surface area contributed by atoms with Gasteiger partial charge in [-0.1, -0.05) is 74.9 Å². The van der Waals surface area contributed by atoms with Crippen molar-refractivity contribution in [2.75, 3.05) is 6.61 Å². The van der Waals surface area contributed by atoms with Crippen molar-refractivity contribution in [1.29, 1.82) is 0 Å². The highest BCUT2D eigenvalue weighted by Gasteiger charge is 2.19.